The molecule has 0 aromatic carbocycles. The van der Waals surface area contributed by atoms with Crippen LogP contribution in [0.15, 0.2) is 0 Å². The zero-order chi connectivity index (χ0) is 5.86. The van der Waals surface area contributed by atoms with Crippen LogP contribution in [0.1, 0.15) is 6.42 Å². The number of hydrogen-bond donors (Lipinski definition) is 2. The molecule has 0 amide bonds. The first kappa shape index (κ1) is 10.0. The van der Waals surface area contributed by atoms with Crippen LogP contribution in [0.5, 0.6) is 0 Å². The Kier molecular flexibility index (Phi) is 5.15. The van der Waals surface area contributed by atoms with Crippen LogP contribution in [0, 0.1) is 7.43 Å². The van der Waals surface area contributed by atoms with Crippen molar-refractivity contribution in [3.63, 3.8) is 0 Å². The van der Waals surface area contributed by atoms with E-state index in [0.717, 1.165) is 0 Å². The minimum Gasteiger partial charge on any atom is -0.481 e. The molecule has 44 valence electrons. The van der Waals surface area contributed by atoms with E-state index >= 15 is 0 Å². The van der Waals surface area contributed by atoms with Gasteiger partial charge in [0.2, 0.25) is 0 Å². The van der Waals surface area contributed by atoms with E-state index in [9.17, 15) is 9.59 Å². The van der Waals surface area contributed by atoms with Crippen LogP contribution < -0.4 is 0 Å². The molecule has 0 bridgehead atoms. The summed E-state index contributed by atoms with van der Waals surface area (Å²) in [6, 6.07) is 0. The van der Waals surface area contributed by atoms with E-state index in [0.29, 0.717) is 0 Å². The molecule has 0 saturated carbocycles. The van der Waals surface area contributed by atoms with Crippen LogP contribution in [-0.4, -0.2) is 22.2 Å². The van der Waals surface area contributed by atoms with Gasteiger partial charge in [0.25, 0.3) is 0 Å². The first-order chi connectivity index (χ1) is 3.13. The highest BCUT2D eigenvalue weighted by atomic mass is 16.4. The molecule has 0 atom stereocenters. The Morgan fingerprint density at radius 3 is 1.38 bits per heavy atom. The summed E-state index contributed by atoms with van der Waals surface area (Å²) in [7, 11) is 0. The third-order valence-corrected chi connectivity index (χ3v) is 0.302. The van der Waals surface area contributed by atoms with E-state index < -0.39 is 18.4 Å². The van der Waals surface area contributed by atoms with Gasteiger partial charge in [-0.05, 0) is 0 Å². The first-order valence-corrected chi connectivity index (χ1v) is 1.56. The van der Waals surface area contributed by atoms with E-state index in [4.69, 9.17) is 10.2 Å². The highest BCUT2D eigenvalue weighted by molar-refractivity contribution is 5.88. The number of carboxylic acids is 2. The summed E-state index contributed by atoms with van der Waals surface area (Å²) in [4.78, 5) is 18.9. The molecule has 0 fully saturated rings. The van der Waals surface area contributed by atoms with Gasteiger partial charge in [-0.3, -0.25) is 9.59 Å². The molecule has 0 aliphatic rings. The molecule has 0 aromatic rings. The number of hydrogen-bond acceptors (Lipinski definition) is 2. The quantitative estimate of drug-likeness (QED) is 0.482. The number of rotatable bonds is 2. The van der Waals surface area contributed by atoms with Gasteiger partial charge in [-0.2, -0.15) is 0 Å². The minimum absolute atomic E-state index is 0. The van der Waals surface area contributed by atoms with Gasteiger partial charge in [-0.25, -0.2) is 0 Å². The first-order valence-electron chi connectivity index (χ1n) is 1.56. The van der Waals surface area contributed by atoms with Gasteiger partial charge in [-0.1, -0.05) is 0 Å². The molecule has 0 saturated heterocycles. The van der Waals surface area contributed by atoms with Crippen LogP contribution >= 0.6 is 0 Å². The van der Waals surface area contributed by atoms with Crippen molar-refractivity contribution in [3.05, 3.63) is 7.43 Å². The lowest BCUT2D eigenvalue weighted by molar-refractivity contribution is -0.147. The number of carboxylic acid groups (broad SMARTS) is 2. The topological polar surface area (TPSA) is 74.6 Å². The third kappa shape index (κ3) is 8.87. The van der Waals surface area contributed by atoms with E-state index in [-0.39, 0.29) is 7.43 Å². The zero-order valence-electron chi connectivity index (χ0n) is 3.92. The fourth-order valence-electron chi connectivity index (χ4n) is 0.129. The van der Waals surface area contributed by atoms with Crippen molar-refractivity contribution < 1.29 is 19.8 Å². The fourth-order valence-corrected chi connectivity index (χ4v) is 0.129. The number of aliphatic carboxylic acids is 2. The van der Waals surface area contributed by atoms with Crippen molar-refractivity contribution in [1.82, 2.24) is 0 Å². The van der Waals surface area contributed by atoms with Crippen molar-refractivity contribution in [3.8, 4) is 0 Å². The Bertz CT molecular complexity index is 84.2. The predicted molar refractivity (Wildman–Crippen MR) is 23.1 cm³/mol. The third-order valence-electron chi connectivity index (χ3n) is 0.302. The van der Waals surface area contributed by atoms with Crippen molar-refractivity contribution in [1.29, 1.82) is 0 Å². The van der Waals surface area contributed by atoms with Gasteiger partial charge in [0.1, 0.15) is 6.42 Å². The molecule has 0 heterocycles. The van der Waals surface area contributed by atoms with Gasteiger partial charge in [-0.15, -0.1) is 0 Å². The molecule has 0 aromatic heterocycles. The second-order valence-electron chi connectivity index (χ2n) is 0.964. The van der Waals surface area contributed by atoms with E-state index in [1.165, 1.54) is 0 Å². The standard InChI is InChI=1S/C3H4O4.C/c4-2(5)1-3(6)7;/h1H2,(H,4,5)(H,6,7);. The molecule has 4 radical (unpaired) electrons. The van der Waals surface area contributed by atoms with Crippen molar-refractivity contribution in [2.45, 2.75) is 6.42 Å². The summed E-state index contributed by atoms with van der Waals surface area (Å²) < 4.78 is 0. The van der Waals surface area contributed by atoms with Crippen molar-refractivity contribution in [2.75, 3.05) is 0 Å². The largest absolute Gasteiger partial charge is 0.481 e. The lowest BCUT2D eigenvalue weighted by atomic mass is 10.5. The molecule has 0 spiro atoms. The van der Waals surface area contributed by atoms with Crippen molar-refractivity contribution >= 4 is 11.9 Å². The highest BCUT2D eigenvalue weighted by Gasteiger charge is 2.01. The van der Waals surface area contributed by atoms with Crippen LogP contribution in [0.3, 0.4) is 0 Å². The van der Waals surface area contributed by atoms with Gasteiger partial charge >= 0.3 is 11.9 Å². The van der Waals surface area contributed by atoms with E-state index in [2.05, 4.69) is 0 Å². The molecule has 8 heavy (non-hydrogen) atoms. The Balaban J connectivity index is 0. The summed E-state index contributed by atoms with van der Waals surface area (Å²) in [6.45, 7) is 0. The van der Waals surface area contributed by atoms with Gasteiger partial charge < -0.3 is 10.2 Å². The lowest BCUT2D eigenvalue weighted by Gasteiger charge is -1.80. The fraction of sp³-hybridized carbons (Fsp3) is 0.250. The average Bonchev–Trinajstić information content (AvgIpc) is 1.27. The van der Waals surface area contributed by atoms with Gasteiger partial charge in [0.15, 0.2) is 0 Å². The van der Waals surface area contributed by atoms with Crippen LogP contribution in [0.4, 0.5) is 0 Å². The second-order valence-corrected chi connectivity index (χ2v) is 0.964. The summed E-state index contributed by atoms with van der Waals surface area (Å²) in [5.74, 6) is -2.62. The Hall–Kier alpha value is -1.06. The molecule has 4 heteroatoms. The maximum atomic E-state index is 9.43. The van der Waals surface area contributed by atoms with Crippen LogP contribution in [0.25, 0.3) is 0 Å². The maximum absolute atomic E-state index is 9.43. The van der Waals surface area contributed by atoms with E-state index in [1.807, 2.05) is 0 Å². The molecular weight excluding hydrogens is 112 g/mol. The molecule has 0 rings (SSSR count). The highest BCUT2D eigenvalue weighted by Crippen LogP contribution is 1.74. The summed E-state index contributed by atoms with van der Waals surface area (Å²) in [5.41, 5.74) is 0. The zero-order valence-corrected chi connectivity index (χ0v) is 3.92. The SMILES string of the molecule is O=C(O)CC(=O)O.[C]. The summed E-state index contributed by atoms with van der Waals surface area (Å²) in [6.07, 6.45) is -0.806. The van der Waals surface area contributed by atoms with Gasteiger partial charge in [0, 0.05) is 7.43 Å². The number of carbonyl (C=O) groups is 2. The Morgan fingerprint density at radius 1 is 1.12 bits per heavy atom. The lowest BCUT2D eigenvalue weighted by Crippen LogP contribution is -2.03. The van der Waals surface area contributed by atoms with Crippen molar-refractivity contribution in [2.24, 2.45) is 0 Å². The maximum Gasteiger partial charge on any atom is 0.314 e. The molecule has 4 nitrogen and oxygen atoms in total. The minimum atomic E-state index is -1.31. The molecule has 0 aliphatic carbocycles. The summed E-state index contributed by atoms with van der Waals surface area (Å²) in [5, 5.41) is 15.4. The van der Waals surface area contributed by atoms with Crippen LogP contribution in [0.2, 0.25) is 0 Å². The molecule has 0 aliphatic heterocycles. The van der Waals surface area contributed by atoms with Gasteiger partial charge in [0.05, 0.1) is 0 Å². The van der Waals surface area contributed by atoms with Crippen LogP contribution in [-0.2, 0) is 9.59 Å². The Labute approximate surface area is 46.8 Å². The van der Waals surface area contributed by atoms with E-state index in [1.54, 1.807) is 0 Å². The molecular formula is C4H4O4. The average molecular weight is 116 g/mol. The molecule has 2 N–H and O–H groups in total. The smallest absolute Gasteiger partial charge is 0.314 e. The monoisotopic (exact) mass is 116 g/mol. The molecule has 0 unspecified atom stereocenters. The normalized spacial score (nSPS) is 7.00. The summed E-state index contributed by atoms with van der Waals surface area (Å²) >= 11 is 0. The second kappa shape index (κ2) is 4.11. The predicted octanol–water partition coefficient (Wildman–Crippen LogP) is -0.373. The Morgan fingerprint density at radius 2 is 1.38 bits per heavy atom.